The van der Waals surface area contributed by atoms with Crippen molar-refractivity contribution < 1.29 is 9.36 Å². The molecular weight excluding hydrogens is 382 g/mol. The highest BCUT2D eigenvalue weighted by atomic mass is 79.9. The Morgan fingerprint density at radius 1 is 1.20 bits per heavy atom. The molecule has 6 heteroatoms. The van der Waals surface area contributed by atoms with E-state index in [9.17, 15) is 0 Å². The Balaban J connectivity index is 1.55. The van der Waals surface area contributed by atoms with Crippen LogP contribution < -0.4 is 0 Å². The highest BCUT2D eigenvalue weighted by Gasteiger charge is 2.09. The number of hydrogen-bond acceptors (Lipinski definition) is 5. The maximum absolute atomic E-state index is 5.24. The van der Waals surface area contributed by atoms with E-state index in [4.69, 9.17) is 9.36 Å². The lowest BCUT2D eigenvalue weighted by molar-refractivity contribution is 0.107. The number of aromatic nitrogens is 2. The molecule has 0 fully saturated rings. The van der Waals surface area contributed by atoms with Gasteiger partial charge in [0.15, 0.2) is 6.61 Å². The SMILES string of the molecule is CC(C)c1ccc(/C=N\OCc2nc(-c3cccc(Br)c3)no2)cc1. The van der Waals surface area contributed by atoms with Crippen molar-refractivity contribution >= 4 is 22.1 Å². The molecule has 0 atom stereocenters. The van der Waals surface area contributed by atoms with Crippen molar-refractivity contribution in [1.82, 2.24) is 10.1 Å². The minimum absolute atomic E-state index is 0.127. The summed E-state index contributed by atoms with van der Waals surface area (Å²) < 4.78 is 6.14. The van der Waals surface area contributed by atoms with Crippen LogP contribution in [0, 0.1) is 0 Å². The Morgan fingerprint density at radius 2 is 2.00 bits per heavy atom. The van der Waals surface area contributed by atoms with Gasteiger partial charge in [-0.15, -0.1) is 0 Å². The molecule has 1 aromatic heterocycles. The minimum Gasteiger partial charge on any atom is -0.386 e. The second-order valence-electron chi connectivity index (χ2n) is 5.85. The number of hydrogen-bond donors (Lipinski definition) is 0. The summed E-state index contributed by atoms with van der Waals surface area (Å²) >= 11 is 3.42. The number of rotatable bonds is 6. The molecule has 128 valence electrons. The van der Waals surface area contributed by atoms with E-state index < -0.39 is 0 Å². The van der Waals surface area contributed by atoms with E-state index in [1.54, 1.807) is 6.21 Å². The van der Waals surface area contributed by atoms with Crippen LogP contribution in [0.5, 0.6) is 0 Å². The van der Waals surface area contributed by atoms with E-state index in [1.807, 2.05) is 36.4 Å². The molecule has 0 aliphatic rings. The molecule has 5 nitrogen and oxygen atoms in total. The summed E-state index contributed by atoms with van der Waals surface area (Å²) in [5.74, 6) is 1.41. The number of halogens is 1. The van der Waals surface area contributed by atoms with Gasteiger partial charge in [0.2, 0.25) is 5.82 Å². The van der Waals surface area contributed by atoms with Crippen LogP contribution in [0.2, 0.25) is 0 Å². The molecule has 0 bridgehead atoms. The van der Waals surface area contributed by atoms with Crippen LogP contribution in [0.15, 0.2) is 62.7 Å². The molecule has 0 saturated heterocycles. The van der Waals surface area contributed by atoms with Gasteiger partial charge < -0.3 is 9.36 Å². The van der Waals surface area contributed by atoms with E-state index in [1.165, 1.54) is 5.56 Å². The standard InChI is InChI=1S/C19H18BrN3O2/c1-13(2)15-8-6-14(7-9-15)11-21-24-12-18-22-19(23-25-18)16-4-3-5-17(20)10-16/h3-11,13H,12H2,1-2H3/b21-11-. The molecule has 0 aliphatic carbocycles. The largest absolute Gasteiger partial charge is 0.386 e. The van der Waals surface area contributed by atoms with Gasteiger partial charge in [-0.3, -0.25) is 0 Å². The Morgan fingerprint density at radius 3 is 2.72 bits per heavy atom. The van der Waals surface area contributed by atoms with Gasteiger partial charge >= 0.3 is 0 Å². The van der Waals surface area contributed by atoms with Crippen molar-refractivity contribution in [1.29, 1.82) is 0 Å². The summed E-state index contributed by atoms with van der Waals surface area (Å²) in [6.45, 7) is 4.46. The van der Waals surface area contributed by atoms with Gasteiger partial charge in [-0.1, -0.05) is 76.5 Å². The Labute approximate surface area is 154 Å². The summed E-state index contributed by atoms with van der Waals surface area (Å²) in [5.41, 5.74) is 3.15. The van der Waals surface area contributed by atoms with Crippen LogP contribution in [-0.2, 0) is 11.4 Å². The van der Waals surface area contributed by atoms with E-state index in [-0.39, 0.29) is 6.61 Å². The summed E-state index contributed by atoms with van der Waals surface area (Å²) in [7, 11) is 0. The van der Waals surface area contributed by atoms with E-state index >= 15 is 0 Å². The maximum Gasteiger partial charge on any atom is 0.267 e. The molecule has 0 amide bonds. The summed E-state index contributed by atoms with van der Waals surface area (Å²) in [6, 6.07) is 15.9. The second-order valence-corrected chi connectivity index (χ2v) is 6.77. The Hall–Kier alpha value is -2.47. The van der Waals surface area contributed by atoms with Crippen LogP contribution in [0.3, 0.4) is 0 Å². The normalized spacial score (nSPS) is 11.4. The first-order valence-corrected chi connectivity index (χ1v) is 8.75. The van der Waals surface area contributed by atoms with Crippen molar-refractivity contribution in [3.8, 4) is 11.4 Å². The molecule has 2 aromatic carbocycles. The summed E-state index contributed by atoms with van der Waals surface area (Å²) in [4.78, 5) is 9.54. The first-order valence-electron chi connectivity index (χ1n) is 7.95. The van der Waals surface area contributed by atoms with Gasteiger partial charge in [0.25, 0.3) is 5.89 Å². The molecule has 0 aliphatic heterocycles. The molecule has 0 saturated carbocycles. The molecule has 0 N–H and O–H groups in total. The fourth-order valence-electron chi connectivity index (χ4n) is 2.22. The smallest absolute Gasteiger partial charge is 0.267 e. The predicted octanol–water partition coefficient (Wildman–Crippen LogP) is 5.17. The van der Waals surface area contributed by atoms with Gasteiger partial charge in [0.1, 0.15) is 0 Å². The average Bonchev–Trinajstić information content (AvgIpc) is 3.08. The number of benzene rings is 2. The third-order valence-corrected chi connectivity index (χ3v) is 4.11. The highest BCUT2D eigenvalue weighted by Crippen LogP contribution is 2.20. The fourth-order valence-corrected chi connectivity index (χ4v) is 2.62. The lowest BCUT2D eigenvalue weighted by atomic mass is 10.0. The van der Waals surface area contributed by atoms with Crippen molar-refractivity contribution in [2.24, 2.45) is 5.16 Å². The zero-order chi connectivity index (χ0) is 17.6. The molecule has 1 heterocycles. The van der Waals surface area contributed by atoms with Crippen LogP contribution in [-0.4, -0.2) is 16.4 Å². The van der Waals surface area contributed by atoms with Gasteiger partial charge in [-0.05, 0) is 29.2 Å². The maximum atomic E-state index is 5.24. The van der Waals surface area contributed by atoms with Crippen LogP contribution in [0.25, 0.3) is 11.4 Å². The zero-order valence-electron chi connectivity index (χ0n) is 14.0. The predicted molar refractivity (Wildman–Crippen MR) is 100 cm³/mol. The zero-order valence-corrected chi connectivity index (χ0v) is 15.6. The summed E-state index contributed by atoms with van der Waals surface area (Å²) in [6.07, 6.45) is 1.66. The molecule has 3 rings (SSSR count). The molecule has 0 spiro atoms. The van der Waals surface area contributed by atoms with Gasteiger partial charge in [-0.25, -0.2) is 0 Å². The van der Waals surface area contributed by atoms with E-state index in [0.717, 1.165) is 15.6 Å². The Kier molecular flexibility index (Phi) is 5.60. The van der Waals surface area contributed by atoms with Crippen LogP contribution in [0.4, 0.5) is 0 Å². The molecule has 3 aromatic rings. The number of nitrogens with zero attached hydrogens (tertiary/aromatic N) is 3. The van der Waals surface area contributed by atoms with Gasteiger partial charge in [0, 0.05) is 10.0 Å². The first-order chi connectivity index (χ1) is 12.1. The topological polar surface area (TPSA) is 60.5 Å². The van der Waals surface area contributed by atoms with Gasteiger partial charge in [0.05, 0.1) is 6.21 Å². The van der Waals surface area contributed by atoms with Crippen molar-refractivity contribution in [3.05, 3.63) is 70.0 Å². The van der Waals surface area contributed by atoms with Crippen LogP contribution in [0.1, 0.15) is 36.8 Å². The third kappa shape index (κ3) is 4.76. The molecule has 25 heavy (non-hydrogen) atoms. The second kappa shape index (κ2) is 8.07. The third-order valence-electron chi connectivity index (χ3n) is 3.62. The lowest BCUT2D eigenvalue weighted by Gasteiger charge is -2.04. The van der Waals surface area contributed by atoms with Gasteiger partial charge in [-0.2, -0.15) is 4.98 Å². The van der Waals surface area contributed by atoms with E-state index in [0.29, 0.717) is 17.6 Å². The lowest BCUT2D eigenvalue weighted by Crippen LogP contribution is -1.90. The molecule has 0 unspecified atom stereocenters. The molecular formula is C19H18BrN3O2. The Bertz CT molecular complexity index is 857. The minimum atomic E-state index is 0.127. The van der Waals surface area contributed by atoms with Crippen LogP contribution >= 0.6 is 15.9 Å². The van der Waals surface area contributed by atoms with Crippen molar-refractivity contribution in [2.75, 3.05) is 0 Å². The number of oxime groups is 1. The summed E-state index contributed by atoms with van der Waals surface area (Å²) in [5, 5.41) is 7.90. The average molecular weight is 400 g/mol. The van der Waals surface area contributed by atoms with Crippen molar-refractivity contribution in [3.63, 3.8) is 0 Å². The quantitative estimate of drug-likeness (QED) is 0.423. The monoisotopic (exact) mass is 399 g/mol. The van der Waals surface area contributed by atoms with E-state index in [2.05, 4.69) is 57.2 Å². The first kappa shape index (κ1) is 17.4. The fraction of sp³-hybridized carbons (Fsp3) is 0.211. The highest BCUT2D eigenvalue weighted by molar-refractivity contribution is 9.10. The van der Waals surface area contributed by atoms with Crippen molar-refractivity contribution in [2.45, 2.75) is 26.4 Å². The molecule has 0 radical (unpaired) electrons.